The minimum atomic E-state index is -0.966. The van der Waals surface area contributed by atoms with Crippen molar-refractivity contribution in [3.05, 3.63) is 46.8 Å². The van der Waals surface area contributed by atoms with Crippen molar-refractivity contribution in [1.82, 2.24) is 19.7 Å². The molecule has 1 saturated carbocycles. The predicted molar refractivity (Wildman–Crippen MR) is 103 cm³/mol. The van der Waals surface area contributed by atoms with E-state index in [4.69, 9.17) is 0 Å². The molecular weight excluding hydrogens is 384 g/mol. The third kappa shape index (κ3) is 2.73. The first-order valence-electron chi connectivity index (χ1n) is 8.82. The van der Waals surface area contributed by atoms with E-state index < -0.39 is 11.6 Å². The summed E-state index contributed by atoms with van der Waals surface area (Å²) in [5.74, 6) is -1.87. The number of hydrogen-bond acceptors (Lipinski definition) is 5. The van der Waals surface area contributed by atoms with Gasteiger partial charge in [0.25, 0.3) is 5.91 Å². The van der Waals surface area contributed by atoms with E-state index in [2.05, 4.69) is 20.4 Å². The zero-order valence-electron chi connectivity index (χ0n) is 15.1. The number of carbonyl (C=O) groups is 1. The second-order valence-electron chi connectivity index (χ2n) is 6.98. The van der Waals surface area contributed by atoms with Crippen LogP contribution in [0.3, 0.4) is 0 Å². The molecule has 4 aromatic rings. The lowest BCUT2D eigenvalue weighted by Crippen LogP contribution is -2.13. The number of amides is 1. The van der Waals surface area contributed by atoms with Crippen LogP contribution in [-0.2, 0) is 7.05 Å². The van der Waals surface area contributed by atoms with Crippen molar-refractivity contribution in [2.24, 2.45) is 7.05 Å². The van der Waals surface area contributed by atoms with Gasteiger partial charge in [0.1, 0.15) is 0 Å². The Morgan fingerprint density at radius 1 is 1.21 bits per heavy atom. The highest BCUT2D eigenvalue weighted by Crippen LogP contribution is 2.40. The summed E-state index contributed by atoms with van der Waals surface area (Å²) in [5, 5.41) is 8.13. The van der Waals surface area contributed by atoms with Crippen LogP contribution in [0.4, 0.5) is 13.9 Å². The van der Waals surface area contributed by atoms with Crippen LogP contribution >= 0.6 is 11.3 Å². The number of nitrogens with one attached hydrogen (secondary N) is 1. The molecule has 3 aromatic heterocycles. The molecule has 6 nitrogen and oxygen atoms in total. The maximum absolute atomic E-state index is 13.4. The molecule has 1 fully saturated rings. The molecule has 0 bridgehead atoms. The first-order valence-corrected chi connectivity index (χ1v) is 9.63. The second kappa shape index (κ2) is 6.03. The lowest BCUT2D eigenvalue weighted by Gasteiger charge is -2.07. The number of nitrogens with zero attached hydrogens (tertiary/aromatic N) is 4. The van der Waals surface area contributed by atoms with Crippen LogP contribution in [0.1, 0.15) is 40.5 Å². The first-order chi connectivity index (χ1) is 13.4. The second-order valence-corrected chi connectivity index (χ2v) is 8.01. The Kier molecular flexibility index (Phi) is 3.70. The van der Waals surface area contributed by atoms with Crippen molar-refractivity contribution < 1.29 is 13.6 Å². The summed E-state index contributed by atoms with van der Waals surface area (Å²) in [6, 6.07) is 3.92. The van der Waals surface area contributed by atoms with Crippen LogP contribution in [0, 0.1) is 18.6 Å². The number of hydrogen-bond donors (Lipinski definition) is 1. The lowest BCUT2D eigenvalue weighted by molar-refractivity contribution is 0.102. The van der Waals surface area contributed by atoms with Crippen molar-refractivity contribution in [3.63, 3.8) is 0 Å². The summed E-state index contributed by atoms with van der Waals surface area (Å²) >= 11 is 1.09. The topological polar surface area (TPSA) is 72.7 Å². The third-order valence-electron chi connectivity index (χ3n) is 4.88. The molecular formula is C19H15F2N5OS. The molecule has 142 valence electrons. The standard InChI is InChI=1S/C19H15F2N5OS/c1-8-16-10(5-13(9-3-4-9)22-17(16)26(2)25-8)18(27)24-19-23-14-6-11(20)12(21)7-15(14)28-19/h5-7,9H,3-4H2,1-2H3,(H,23,24,27). The Hall–Kier alpha value is -2.94. The molecule has 0 unspecified atom stereocenters. The van der Waals surface area contributed by atoms with Gasteiger partial charge in [-0.1, -0.05) is 11.3 Å². The van der Waals surface area contributed by atoms with Gasteiger partial charge in [0.05, 0.1) is 26.9 Å². The van der Waals surface area contributed by atoms with E-state index in [0.717, 1.165) is 42.0 Å². The van der Waals surface area contributed by atoms with E-state index in [0.29, 0.717) is 38.4 Å². The van der Waals surface area contributed by atoms with Gasteiger partial charge in [0.2, 0.25) is 0 Å². The molecule has 0 aliphatic heterocycles. The fraction of sp³-hybridized carbons (Fsp3) is 0.263. The Balaban J connectivity index is 1.57. The Morgan fingerprint density at radius 2 is 1.96 bits per heavy atom. The van der Waals surface area contributed by atoms with Gasteiger partial charge in [-0.05, 0) is 31.9 Å². The number of carbonyl (C=O) groups excluding carboxylic acids is 1. The molecule has 5 rings (SSSR count). The summed E-state index contributed by atoms with van der Waals surface area (Å²) < 4.78 is 29.0. The molecule has 0 spiro atoms. The van der Waals surface area contributed by atoms with Crippen LogP contribution in [0.25, 0.3) is 21.3 Å². The lowest BCUT2D eigenvalue weighted by atomic mass is 10.1. The number of halogens is 2. The largest absolute Gasteiger partial charge is 0.298 e. The molecule has 1 amide bonds. The molecule has 9 heteroatoms. The number of anilines is 1. The zero-order valence-corrected chi connectivity index (χ0v) is 15.9. The highest BCUT2D eigenvalue weighted by molar-refractivity contribution is 7.22. The van der Waals surface area contributed by atoms with Gasteiger partial charge in [0.15, 0.2) is 22.4 Å². The highest BCUT2D eigenvalue weighted by Gasteiger charge is 2.28. The number of pyridine rings is 1. The Labute approximate surface area is 162 Å². The molecule has 1 aliphatic carbocycles. The summed E-state index contributed by atoms with van der Waals surface area (Å²) in [7, 11) is 1.80. The van der Waals surface area contributed by atoms with Crippen molar-refractivity contribution in [1.29, 1.82) is 0 Å². The monoisotopic (exact) mass is 399 g/mol. The van der Waals surface area contributed by atoms with Gasteiger partial charge in [0, 0.05) is 24.7 Å². The van der Waals surface area contributed by atoms with Crippen LogP contribution < -0.4 is 5.32 Å². The number of aromatic nitrogens is 4. The fourth-order valence-corrected chi connectivity index (χ4v) is 4.24. The maximum atomic E-state index is 13.4. The van der Waals surface area contributed by atoms with Gasteiger partial charge >= 0.3 is 0 Å². The van der Waals surface area contributed by atoms with E-state index >= 15 is 0 Å². The number of thiazole rings is 1. The average Bonchev–Trinajstić information content (AvgIpc) is 3.37. The SMILES string of the molecule is Cc1nn(C)c2nc(C3CC3)cc(C(=O)Nc3nc4cc(F)c(F)cc4s3)c12. The van der Waals surface area contributed by atoms with E-state index in [1.54, 1.807) is 11.7 Å². The predicted octanol–water partition coefficient (Wildman–Crippen LogP) is 4.29. The normalized spacial score (nSPS) is 14.1. The van der Waals surface area contributed by atoms with Crippen molar-refractivity contribution in [2.45, 2.75) is 25.7 Å². The molecule has 0 radical (unpaired) electrons. The number of aryl methyl sites for hydroxylation is 2. The molecule has 28 heavy (non-hydrogen) atoms. The minimum Gasteiger partial charge on any atom is -0.298 e. The Bertz CT molecular complexity index is 1240. The van der Waals surface area contributed by atoms with Crippen LogP contribution in [-0.4, -0.2) is 25.7 Å². The van der Waals surface area contributed by atoms with Crippen molar-refractivity contribution >= 4 is 43.6 Å². The maximum Gasteiger partial charge on any atom is 0.258 e. The minimum absolute atomic E-state index is 0.282. The highest BCUT2D eigenvalue weighted by atomic mass is 32.1. The molecule has 1 aromatic carbocycles. The van der Waals surface area contributed by atoms with Gasteiger partial charge in [-0.2, -0.15) is 5.10 Å². The van der Waals surface area contributed by atoms with E-state index in [1.807, 2.05) is 13.0 Å². The van der Waals surface area contributed by atoms with Gasteiger partial charge in [-0.3, -0.25) is 14.8 Å². The van der Waals surface area contributed by atoms with Gasteiger partial charge < -0.3 is 0 Å². The summed E-state index contributed by atoms with van der Waals surface area (Å²) in [6.45, 7) is 1.83. The first kappa shape index (κ1) is 17.2. The van der Waals surface area contributed by atoms with E-state index in [9.17, 15) is 13.6 Å². The number of rotatable bonds is 3. The summed E-state index contributed by atoms with van der Waals surface area (Å²) in [6.07, 6.45) is 2.12. The number of benzene rings is 1. The zero-order chi connectivity index (χ0) is 19.6. The average molecular weight is 399 g/mol. The molecule has 0 saturated heterocycles. The Morgan fingerprint density at radius 3 is 2.71 bits per heavy atom. The molecule has 1 N–H and O–H groups in total. The van der Waals surface area contributed by atoms with Crippen LogP contribution in [0.15, 0.2) is 18.2 Å². The molecule has 1 aliphatic rings. The summed E-state index contributed by atoms with van der Waals surface area (Å²) in [5.41, 5.74) is 3.05. The smallest absolute Gasteiger partial charge is 0.258 e. The number of fused-ring (bicyclic) bond motifs is 2. The molecule has 0 atom stereocenters. The van der Waals surface area contributed by atoms with Crippen molar-refractivity contribution in [3.8, 4) is 0 Å². The van der Waals surface area contributed by atoms with E-state index in [-0.39, 0.29) is 11.0 Å². The van der Waals surface area contributed by atoms with Gasteiger partial charge in [-0.25, -0.2) is 18.7 Å². The fourth-order valence-electron chi connectivity index (χ4n) is 3.37. The molecule has 3 heterocycles. The van der Waals surface area contributed by atoms with E-state index in [1.165, 1.54) is 0 Å². The third-order valence-corrected chi connectivity index (χ3v) is 5.81. The van der Waals surface area contributed by atoms with Crippen LogP contribution in [0.2, 0.25) is 0 Å². The summed E-state index contributed by atoms with van der Waals surface area (Å²) in [4.78, 5) is 21.9. The quantitative estimate of drug-likeness (QED) is 0.558. The van der Waals surface area contributed by atoms with Gasteiger partial charge in [-0.15, -0.1) is 0 Å². The van der Waals surface area contributed by atoms with Crippen LogP contribution in [0.5, 0.6) is 0 Å². The van der Waals surface area contributed by atoms with Crippen molar-refractivity contribution in [2.75, 3.05) is 5.32 Å².